The van der Waals surface area contributed by atoms with E-state index in [1.807, 2.05) is 18.4 Å². The third-order valence-corrected chi connectivity index (χ3v) is 3.69. The summed E-state index contributed by atoms with van der Waals surface area (Å²) in [4.78, 5) is 14.6. The highest BCUT2D eigenvalue weighted by atomic mass is 32.1. The molecule has 0 aliphatic heterocycles. The van der Waals surface area contributed by atoms with E-state index in [0.717, 1.165) is 13.0 Å². The largest absolute Gasteiger partial charge is 0.480 e. The molecule has 96 valence electrons. The highest BCUT2D eigenvalue weighted by Crippen LogP contribution is 2.19. The van der Waals surface area contributed by atoms with E-state index in [1.54, 1.807) is 11.3 Å². The van der Waals surface area contributed by atoms with Gasteiger partial charge in [0.25, 0.3) is 0 Å². The number of aliphatic carboxylic acids is 1. The van der Waals surface area contributed by atoms with E-state index < -0.39 is 5.97 Å². The SMILES string of the molecule is CCCC(C(=O)O)N(Cc1cccs1)C(C)C. The molecule has 1 aromatic heterocycles. The minimum Gasteiger partial charge on any atom is -0.480 e. The van der Waals surface area contributed by atoms with Crippen LogP contribution in [0.25, 0.3) is 0 Å². The molecule has 17 heavy (non-hydrogen) atoms. The van der Waals surface area contributed by atoms with Crippen LogP contribution in [-0.4, -0.2) is 28.1 Å². The summed E-state index contributed by atoms with van der Waals surface area (Å²) in [5.41, 5.74) is 0. The highest BCUT2D eigenvalue weighted by molar-refractivity contribution is 7.09. The summed E-state index contributed by atoms with van der Waals surface area (Å²) in [7, 11) is 0. The molecule has 0 fully saturated rings. The van der Waals surface area contributed by atoms with Crippen LogP contribution in [0.1, 0.15) is 38.5 Å². The molecular weight excluding hydrogens is 234 g/mol. The van der Waals surface area contributed by atoms with Gasteiger partial charge in [0.15, 0.2) is 0 Å². The van der Waals surface area contributed by atoms with Gasteiger partial charge in [0.05, 0.1) is 0 Å². The van der Waals surface area contributed by atoms with E-state index in [1.165, 1.54) is 4.88 Å². The number of hydrogen-bond acceptors (Lipinski definition) is 3. The van der Waals surface area contributed by atoms with Gasteiger partial charge in [0.2, 0.25) is 0 Å². The predicted octanol–water partition coefficient (Wildman–Crippen LogP) is 3.21. The van der Waals surface area contributed by atoms with E-state index in [0.29, 0.717) is 6.42 Å². The van der Waals surface area contributed by atoms with Gasteiger partial charge in [0.1, 0.15) is 6.04 Å². The van der Waals surface area contributed by atoms with Crippen molar-refractivity contribution in [2.75, 3.05) is 0 Å². The number of carboxylic acid groups (broad SMARTS) is 1. The van der Waals surface area contributed by atoms with Crippen molar-refractivity contribution in [2.24, 2.45) is 0 Å². The van der Waals surface area contributed by atoms with Gasteiger partial charge < -0.3 is 5.11 Å². The molecule has 0 aliphatic rings. The molecule has 3 nitrogen and oxygen atoms in total. The summed E-state index contributed by atoms with van der Waals surface area (Å²) in [6.45, 7) is 6.87. The fourth-order valence-corrected chi connectivity index (χ4v) is 2.65. The Morgan fingerprint density at radius 2 is 2.24 bits per heavy atom. The maximum atomic E-state index is 11.3. The lowest BCUT2D eigenvalue weighted by Gasteiger charge is -2.31. The van der Waals surface area contributed by atoms with Gasteiger partial charge in [-0.2, -0.15) is 0 Å². The van der Waals surface area contributed by atoms with Crippen molar-refractivity contribution >= 4 is 17.3 Å². The van der Waals surface area contributed by atoms with Gasteiger partial charge in [0, 0.05) is 17.5 Å². The van der Waals surface area contributed by atoms with Crippen molar-refractivity contribution in [1.29, 1.82) is 0 Å². The second-order valence-corrected chi connectivity index (χ2v) is 5.52. The van der Waals surface area contributed by atoms with Gasteiger partial charge in [-0.05, 0) is 31.7 Å². The van der Waals surface area contributed by atoms with Crippen molar-refractivity contribution in [3.05, 3.63) is 22.4 Å². The summed E-state index contributed by atoms with van der Waals surface area (Å²) in [6, 6.07) is 3.94. The molecule has 0 spiro atoms. The molecule has 0 saturated carbocycles. The normalized spacial score (nSPS) is 13.2. The van der Waals surface area contributed by atoms with E-state index in [9.17, 15) is 9.90 Å². The van der Waals surface area contributed by atoms with E-state index >= 15 is 0 Å². The molecule has 1 heterocycles. The van der Waals surface area contributed by atoms with Crippen LogP contribution in [-0.2, 0) is 11.3 Å². The molecule has 0 saturated heterocycles. The number of hydrogen-bond donors (Lipinski definition) is 1. The van der Waals surface area contributed by atoms with Crippen LogP contribution < -0.4 is 0 Å². The second-order valence-electron chi connectivity index (χ2n) is 4.49. The molecule has 0 aromatic carbocycles. The van der Waals surface area contributed by atoms with Crippen LogP contribution in [0.5, 0.6) is 0 Å². The Balaban J connectivity index is 2.79. The number of carboxylic acids is 1. The minimum absolute atomic E-state index is 0.241. The minimum atomic E-state index is -0.711. The third kappa shape index (κ3) is 4.13. The maximum Gasteiger partial charge on any atom is 0.320 e. The number of carbonyl (C=O) groups is 1. The summed E-state index contributed by atoms with van der Waals surface area (Å²) in [6.07, 6.45) is 1.60. The molecule has 0 amide bonds. The van der Waals surface area contributed by atoms with E-state index in [4.69, 9.17) is 0 Å². The van der Waals surface area contributed by atoms with E-state index in [-0.39, 0.29) is 12.1 Å². The maximum absolute atomic E-state index is 11.3. The number of rotatable bonds is 7. The lowest BCUT2D eigenvalue weighted by Crippen LogP contribution is -2.44. The van der Waals surface area contributed by atoms with Crippen molar-refractivity contribution in [3.63, 3.8) is 0 Å². The standard InChI is InChI=1S/C13H21NO2S/c1-4-6-12(13(15)16)14(10(2)3)9-11-7-5-8-17-11/h5,7-8,10,12H,4,6,9H2,1-3H3,(H,15,16). The van der Waals surface area contributed by atoms with Crippen molar-refractivity contribution in [2.45, 2.75) is 52.2 Å². The predicted molar refractivity (Wildman–Crippen MR) is 71.3 cm³/mol. The fourth-order valence-electron chi connectivity index (χ4n) is 1.94. The molecule has 1 rings (SSSR count). The Kier molecular flexibility index (Phi) is 5.65. The van der Waals surface area contributed by atoms with Crippen LogP contribution >= 0.6 is 11.3 Å². The highest BCUT2D eigenvalue weighted by Gasteiger charge is 2.26. The van der Waals surface area contributed by atoms with Crippen molar-refractivity contribution in [3.8, 4) is 0 Å². The first-order valence-electron chi connectivity index (χ1n) is 6.07. The first kappa shape index (κ1) is 14.2. The van der Waals surface area contributed by atoms with Crippen LogP contribution in [0.3, 0.4) is 0 Å². The molecule has 1 N–H and O–H groups in total. The Morgan fingerprint density at radius 3 is 2.65 bits per heavy atom. The van der Waals surface area contributed by atoms with Crippen LogP contribution in [0.2, 0.25) is 0 Å². The number of nitrogens with zero attached hydrogens (tertiary/aromatic N) is 1. The molecule has 0 aliphatic carbocycles. The molecule has 1 atom stereocenters. The zero-order valence-electron chi connectivity index (χ0n) is 10.7. The van der Waals surface area contributed by atoms with Crippen molar-refractivity contribution < 1.29 is 9.90 Å². The second kappa shape index (κ2) is 6.77. The van der Waals surface area contributed by atoms with Crippen LogP contribution in [0, 0.1) is 0 Å². The Labute approximate surface area is 107 Å². The molecular formula is C13H21NO2S. The summed E-state index contributed by atoms with van der Waals surface area (Å²) < 4.78 is 0. The lowest BCUT2D eigenvalue weighted by atomic mass is 10.1. The first-order valence-corrected chi connectivity index (χ1v) is 6.95. The van der Waals surface area contributed by atoms with Crippen LogP contribution in [0.4, 0.5) is 0 Å². The van der Waals surface area contributed by atoms with E-state index in [2.05, 4.69) is 24.8 Å². The van der Waals surface area contributed by atoms with Crippen LogP contribution in [0.15, 0.2) is 17.5 Å². The smallest absolute Gasteiger partial charge is 0.320 e. The zero-order chi connectivity index (χ0) is 12.8. The van der Waals surface area contributed by atoms with Gasteiger partial charge in [-0.3, -0.25) is 9.69 Å². The molecule has 4 heteroatoms. The van der Waals surface area contributed by atoms with Gasteiger partial charge in [-0.1, -0.05) is 19.4 Å². The summed E-state index contributed by atoms with van der Waals surface area (Å²) in [5, 5.41) is 11.3. The molecule has 0 radical (unpaired) electrons. The molecule has 1 aromatic rings. The Morgan fingerprint density at radius 1 is 1.53 bits per heavy atom. The average Bonchev–Trinajstić information content (AvgIpc) is 2.75. The average molecular weight is 255 g/mol. The Bertz CT molecular complexity index is 335. The first-order chi connectivity index (χ1) is 8.06. The summed E-state index contributed by atoms with van der Waals surface area (Å²) >= 11 is 1.68. The quantitative estimate of drug-likeness (QED) is 0.813. The number of thiophene rings is 1. The summed E-state index contributed by atoms with van der Waals surface area (Å²) in [5.74, 6) is -0.711. The molecule has 0 bridgehead atoms. The van der Waals surface area contributed by atoms with Crippen molar-refractivity contribution in [1.82, 2.24) is 4.90 Å². The third-order valence-electron chi connectivity index (χ3n) is 2.83. The van der Waals surface area contributed by atoms with Gasteiger partial charge >= 0.3 is 5.97 Å². The zero-order valence-corrected chi connectivity index (χ0v) is 11.5. The fraction of sp³-hybridized carbons (Fsp3) is 0.615. The lowest BCUT2D eigenvalue weighted by molar-refractivity contribution is -0.144. The Hall–Kier alpha value is -0.870. The molecule has 1 unspecified atom stereocenters. The topological polar surface area (TPSA) is 40.5 Å². The van der Waals surface area contributed by atoms with Gasteiger partial charge in [-0.15, -0.1) is 11.3 Å². The monoisotopic (exact) mass is 255 g/mol. The van der Waals surface area contributed by atoms with Gasteiger partial charge in [-0.25, -0.2) is 0 Å².